The van der Waals surface area contributed by atoms with E-state index in [0.717, 1.165) is 5.56 Å². The van der Waals surface area contributed by atoms with Gasteiger partial charge in [-0.25, -0.2) is 4.79 Å². The Balaban J connectivity index is 2.05. The number of benzene rings is 2. The van der Waals surface area contributed by atoms with E-state index >= 15 is 0 Å². The molecule has 0 spiro atoms. The van der Waals surface area contributed by atoms with Gasteiger partial charge in [0.2, 0.25) is 11.8 Å². The fraction of sp³-hybridized carbons (Fsp3) is 0.375. The van der Waals surface area contributed by atoms with Crippen molar-refractivity contribution in [3.63, 3.8) is 0 Å². The van der Waals surface area contributed by atoms with Crippen molar-refractivity contribution in [3.05, 3.63) is 59.7 Å². The van der Waals surface area contributed by atoms with E-state index in [4.69, 9.17) is 5.73 Å². The summed E-state index contributed by atoms with van der Waals surface area (Å²) < 4.78 is 0. The van der Waals surface area contributed by atoms with Gasteiger partial charge in [0.1, 0.15) is 23.6 Å². The molecule has 2 rings (SSSR count). The molecule has 0 aliphatic heterocycles. The fourth-order valence-electron chi connectivity index (χ4n) is 3.30. The molecule has 3 atom stereocenters. The number of nitrogens with two attached hydrogens (primary N) is 1. The molecule has 0 radical (unpaired) electrons. The van der Waals surface area contributed by atoms with Gasteiger partial charge in [-0.1, -0.05) is 38.1 Å². The van der Waals surface area contributed by atoms with Crippen LogP contribution < -0.4 is 16.4 Å². The van der Waals surface area contributed by atoms with Gasteiger partial charge in [0.15, 0.2) is 0 Å². The van der Waals surface area contributed by atoms with E-state index in [1.807, 2.05) is 13.8 Å². The number of aromatic hydroxyl groups is 2. The molecular formula is C24H31N3O6. The van der Waals surface area contributed by atoms with Crippen LogP contribution in [-0.2, 0) is 27.2 Å². The maximum atomic E-state index is 12.9. The molecule has 9 nitrogen and oxygen atoms in total. The van der Waals surface area contributed by atoms with Gasteiger partial charge in [-0.15, -0.1) is 0 Å². The molecular weight excluding hydrogens is 426 g/mol. The second-order valence-electron chi connectivity index (χ2n) is 8.44. The van der Waals surface area contributed by atoms with Gasteiger partial charge in [0.05, 0.1) is 6.04 Å². The molecule has 0 heterocycles. The largest absolute Gasteiger partial charge is 0.508 e. The third-order valence-electron chi connectivity index (χ3n) is 5.06. The zero-order chi connectivity index (χ0) is 24.5. The average Bonchev–Trinajstić information content (AvgIpc) is 2.75. The van der Waals surface area contributed by atoms with Crippen molar-refractivity contribution in [1.29, 1.82) is 0 Å². The average molecular weight is 458 g/mol. The highest BCUT2D eigenvalue weighted by atomic mass is 16.4. The lowest BCUT2D eigenvalue weighted by molar-refractivity contribution is -0.142. The number of nitrogens with one attached hydrogen (secondary N) is 2. The van der Waals surface area contributed by atoms with Crippen molar-refractivity contribution in [2.75, 3.05) is 0 Å². The second kappa shape index (κ2) is 11.9. The quantitative estimate of drug-likeness (QED) is 0.296. The normalized spacial score (nSPS) is 13.7. The van der Waals surface area contributed by atoms with Gasteiger partial charge < -0.3 is 31.7 Å². The molecule has 0 unspecified atom stereocenters. The number of amides is 2. The molecule has 2 aromatic rings. The summed E-state index contributed by atoms with van der Waals surface area (Å²) in [5.41, 5.74) is 7.39. The van der Waals surface area contributed by atoms with Gasteiger partial charge in [0, 0.05) is 6.42 Å². The Hall–Kier alpha value is -3.59. The SMILES string of the molecule is CC(C)C[C@H](NC(=O)[C@H](N)Cc1ccc(O)cc1)C(=O)N[C@H](Cc1ccc(O)cc1)C(=O)O. The van der Waals surface area contributed by atoms with Crippen molar-refractivity contribution in [2.24, 2.45) is 11.7 Å². The predicted octanol–water partition coefficient (Wildman–Crippen LogP) is 1.31. The number of carbonyl (C=O) groups excluding carboxylic acids is 2. The Kier molecular flexibility index (Phi) is 9.23. The van der Waals surface area contributed by atoms with Crippen LogP contribution in [0.1, 0.15) is 31.4 Å². The summed E-state index contributed by atoms with van der Waals surface area (Å²) in [6.07, 6.45) is 0.528. The third-order valence-corrected chi connectivity index (χ3v) is 5.06. The number of carboxylic acid groups (broad SMARTS) is 1. The number of carboxylic acids is 1. The summed E-state index contributed by atoms with van der Waals surface area (Å²) in [6, 6.07) is 9.24. The van der Waals surface area contributed by atoms with Crippen molar-refractivity contribution < 1.29 is 29.7 Å². The zero-order valence-corrected chi connectivity index (χ0v) is 18.7. The highest BCUT2D eigenvalue weighted by molar-refractivity contribution is 5.91. The van der Waals surface area contributed by atoms with Crippen LogP contribution in [0.3, 0.4) is 0 Å². The van der Waals surface area contributed by atoms with Crippen LogP contribution in [0.5, 0.6) is 11.5 Å². The Morgan fingerprint density at radius 3 is 1.70 bits per heavy atom. The number of hydrogen-bond donors (Lipinski definition) is 6. The number of phenolic OH excluding ortho intramolecular Hbond substituents is 2. The lowest BCUT2D eigenvalue weighted by atomic mass is 10.00. The number of rotatable bonds is 11. The van der Waals surface area contributed by atoms with E-state index < -0.39 is 35.9 Å². The first-order chi connectivity index (χ1) is 15.5. The second-order valence-corrected chi connectivity index (χ2v) is 8.44. The summed E-state index contributed by atoms with van der Waals surface area (Å²) in [7, 11) is 0. The van der Waals surface area contributed by atoms with E-state index in [0.29, 0.717) is 12.0 Å². The van der Waals surface area contributed by atoms with E-state index in [1.54, 1.807) is 24.3 Å². The van der Waals surface area contributed by atoms with E-state index in [-0.39, 0.29) is 30.3 Å². The number of hydrogen-bond acceptors (Lipinski definition) is 6. The van der Waals surface area contributed by atoms with Crippen LogP contribution in [-0.4, -0.2) is 51.2 Å². The maximum Gasteiger partial charge on any atom is 0.326 e. The minimum absolute atomic E-state index is 0.0179. The van der Waals surface area contributed by atoms with E-state index in [9.17, 15) is 29.7 Å². The molecule has 0 saturated heterocycles. The molecule has 33 heavy (non-hydrogen) atoms. The van der Waals surface area contributed by atoms with Gasteiger partial charge >= 0.3 is 5.97 Å². The molecule has 0 bridgehead atoms. The molecule has 2 aromatic carbocycles. The fourth-order valence-corrected chi connectivity index (χ4v) is 3.30. The molecule has 0 aliphatic rings. The van der Waals surface area contributed by atoms with Crippen LogP contribution in [0.15, 0.2) is 48.5 Å². The van der Waals surface area contributed by atoms with Gasteiger partial charge in [-0.2, -0.15) is 0 Å². The number of carbonyl (C=O) groups is 3. The van der Waals surface area contributed by atoms with E-state index in [1.165, 1.54) is 24.3 Å². The Labute approximate surface area is 192 Å². The van der Waals surface area contributed by atoms with Crippen LogP contribution in [0, 0.1) is 5.92 Å². The standard InChI is InChI=1S/C24H31N3O6/c1-14(2)11-20(26-22(30)19(25)12-15-3-7-17(28)8-4-15)23(31)27-21(24(32)33)13-16-5-9-18(29)10-6-16/h3-10,14,19-21,28-29H,11-13,25H2,1-2H3,(H,26,30)(H,27,31)(H,32,33)/t19-,20+,21-/m1/s1. The van der Waals surface area contributed by atoms with Crippen molar-refractivity contribution >= 4 is 17.8 Å². The minimum atomic E-state index is -1.21. The molecule has 0 aromatic heterocycles. The highest BCUT2D eigenvalue weighted by Crippen LogP contribution is 2.13. The predicted molar refractivity (Wildman–Crippen MR) is 123 cm³/mol. The van der Waals surface area contributed by atoms with Crippen molar-refractivity contribution in [3.8, 4) is 11.5 Å². The smallest absolute Gasteiger partial charge is 0.326 e. The van der Waals surface area contributed by atoms with Crippen molar-refractivity contribution in [1.82, 2.24) is 10.6 Å². The van der Waals surface area contributed by atoms with Crippen LogP contribution in [0.4, 0.5) is 0 Å². The molecule has 2 amide bonds. The summed E-state index contributed by atoms with van der Waals surface area (Å²) in [6.45, 7) is 3.77. The number of phenols is 2. The van der Waals surface area contributed by atoms with Gasteiger partial charge in [-0.05, 0) is 54.2 Å². The lowest BCUT2D eigenvalue weighted by Gasteiger charge is -2.24. The topological polar surface area (TPSA) is 162 Å². The van der Waals surface area contributed by atoms with Crippen LogP contribution in [0.2, 0.25) is 0 Å². The maximum absolute atomic E-state index is 12.9. The van der Waals surface area contributed by atoms with Crippen LogP contribution in [0.25, 0.3) is 0 Å². The summed E-state index contributed by atoms with van der Waals surface area (Å²) in [5, 5.41) is 33.5. The zero-order valence-electron chi connectivity index (χ0n) is 18.7. The molecule has 9 heteroatoms. The van der Waals surface area contributed by atoms with Crippen molar-refractivity contribution in [2.45, 2.75) is 51.2 Å². The molecule has 7 N–H and O–H groups in total. The first-order valence-electron chi connectivity index (χ1n) is 10.7. The Morgan fingerprint density at radius 2 is 1.24 bits per heavy atom. The first-order valence-corrected chi connectivity index (χ1v) is 10.7. The number of aliphatic carboxylic acids is 1. The van der Waals surface area contributed by atoms with Crippen LogP contribution >= 0.6 is 0 Å². The van der Waals surface area contributed by atoms with Gasteiger partial charge in [-0.3, -0.25) is 9.59 Å². The minimum Gasteiger partial charge on any atom is -0.508 e. The third kappa shape index (κ3) is 8.46. The summed E-state index contributed by atoms with van der Waals surface area (Å²) >= 11 is 0. The first kappa shape index (κ1) is 25.7. The highest BCUT2D eigenvalue weighted by Gasteiger charge is 2.28. The molecule has 0 aliphatic carbocycles. The Bertz CT molecular complexity index is 944. The van der Waals surface area contributed by atoms with E-state index in [2.05, 4.69) is 10.6 Å². The summed E-state index contributed by atoms with van der Waals surface area (Å²) in [4.78, 5) is 37.3. The molecule has 0 saturated carbocycles. The Morgan fingerprint density at radius 1 is 0.788 bits per heavy atom. The van der Waals surface area contributed by atoms with Gasteiger partial charge in [0.25, 0.3) is 0 Å². The monoisotopic (exact) mass is 457 g/mol. The molecule has 0 fully saturated rings. The lowest BCUT2D eigenvalue weighted by Crippen LogP contribution is -2.55. The molecule has 178 valence electrons. The summed E-state index contributed by atoms with van der Waals surface area (Å²) in [5.74, 6) is -2.15.